The smallest absolute Gasteiger partial charge is 0.387 e. The molecule has 6 heteroatoms. The van der Waals surface area contributed by atoms with Crippen LogP contribution in [0.2, 0.25) is 0 Å². The number of methoxy groups -OCH3 is 1. The topological polar surface area (TPSA) is 55.8 Å². The van der Waals surface area contributed by atoms with E-state index in [4.69, 9.17) is 0 Å². The lowest BCUT2D eigenvalue weighted by Gasteiger charge is -2.09. The highest BCUT2D eigenvalue weighted by Gasteiger charge is 2.17. The Morgan fingerprint density at radius 3 is 2.31 bits per heavy atom. The molecule has 0 aliphatic carbocycles. The average molecular weight is 232 g/mol. The molecule has 1 aromatic rings. The summed E-state index contributed by atoms with van der Waals surface area (Å²) < 4.78 is 32.1. The number of aliphatic hydroxyl groups excluding tert-OH is 1. The fourth-order valence-corrected chi connectivity index (χ4v) is 1.08. The van der Waals surface area contributed by atoms with Crippen molar-refractivity contribution in [1.29, 1.82) is 0 Å². The van der Waals surface area contributed by atoms with Crippen LogP contribution in [0.15, 0.2) is 24.3 Å². The molecule has 0 aliphatic rings. The minimum absolute atomic E-state index is 0.0455. The molecule has 1 N–H and O–H groups in total. The van der Waals surface area contributed by atoms with Crippen LogP contribution in [0.5, 0.6) is 5.75 Å². The summed E-state index contributed by atoms with van der Waals surface area (Å²) >= 11 is 0. The molecule has 0 radical (unpaired) electrons. The maximum absolute atomic E-state index is 11.8. The molecule has 0 saturated heterocycles. The molecule has 0 aromatic heterocycles. The number of hydrogen-bond acceptors (Lipinski definition) is 4. The van der Waals surface area contributed by atoms with Gasteiger partial charge in [-0.25, -0.2) is 4.79 Å². The Hall–Kier alpha value is -1.69. The second-order valence-electron chi connectivity index (χ2n) is 2.87. The third-order valence-electron chi connectivity index (χ3n) is 1.85. The largest absolute Gasteiger partial charge is 0.467 e. The lowest BCUT2D eigenvalue weighted by Crippen LogP contribution is -2.13. The van der Waals surface area contributed by atoms with Gasteiger partial charge in [-0.1, -0.05) is 12.1 Å². The van der Waals surface area contributed by atoms with Gasteiger partial charge in [0, 0.05) is 0 Å². The monoisotopic (exact) mass is 232 g/mol. The second kappa shape index (κ2) is 5.41. The number of esters is 1. The van der Waals surface area contributed by atoms with E-state index in [0.717, 1.165) is 7.11 Å². The van der Waals surface area contributed by atoms with E-state index in [1.807, 2.05) is 0 Å². The first-order valence-corrected chi connectivity index (χ1v) is 4.35. The van der Waals surface area contributed by atoms with E-state index in [1.54, 1.807) is 0 Å². The summed E-state index contributed by atoms with van der Waals surface area (Å²) in [5, 5.41) is 9.40. The molecule has 0 unspecified atom stereocenters. The quantitative estimate of drug-likeness (QED) is 0.799. The number of alkyl halides is 2. The number of aliphatic hydroxyl groups is 1. The van der Waals surface area contributed by atoms with Crippen LogP contribution in [0.1, 0.15) is 11.7 Å². The molecule has 0 aliphatic heterocycles. The minimum atomic E-state index is -2.91. The fourth-order valence-electron chi connectivity index (χ4n) is 1.08. The van der Waals surface area contributed by atoms with Gasteiger partial charge in [0.25, 0.3) is 0 Å². The first-order valence-electron chi connectivity index (χ1n) is 4.35. The molecule has 0 bridgehead atoms. The Balaban J connectivity index is 2.74. The van der Waals surface area contributed by atoms with Crippen molar-refractivity contribution in [2.45, 2.75) is 12.7 Å². The summed E-state index contributed by atoms with van der Waals surface area (Å²) in [7, 11) is 1.14. The zero-order valence-electron chi connectivity index (χ0n) is 8.39. The maximum atomic E-state index is 11.8. The summed E-state index contributed by atoms with van der Waals surface area (Å²) in [4.78, 5) is 11.0. The summed E-state index contributed by atoms with van der Waals surface area (Å²) in [6.07, 6.45) is -1.43. The highest BCUT2D eigenvalue weighted by atomic mass is 19.3. The Kier molecular flexibility index (Phi) is 4.19. The summed E-state index contributed by atoms with van der Waals surface area (Å²) in [5.74, 6) is -0.863. The molecule has 1 aromatic carbocycles. The van der Waals surface area contributed by atoms with Crippen LogP contribution in [0.25, 0.3) is 0 Å². The number of rotatable bonds is 4. The van der Waals surface area contributed by atoms with Gasteiger partial charge in [0.1, 0.15) is 5.75 Å². The van der Waals surface area contributed by atoms with Crippen LogP contribution >= 0.6 is 0 Å². The van der Waals surface area contributed by atoms with Crippen molar-refractivity contribution >= 4 is 5.97 Å². The summed E-state index contributed by atoms with van der Waals surface area (Å²) in [6.45, 7) is -2.91. The van der Waals surface area contributed by atoms with Gasteiger partial charge < -0.3 is 14.6 Å². The van der Waals surface area contributed by atoms with Crippen molar-refractivity contribution in [2.75, 3.05) is 7.11 Å². The molecule has 4 nitrogen and oxygen atoms in total. The van der Waals surface area contributed by atoms with Gasteiger partial charge in [0.2, 0.25) is 0 Å². The van der Waals surface area contributed by atoms with Crippen LogP contribution in [-0.4, -0.2) is 24.8 Å². The van der Waals surface area contributed by atoms with Crippen molar-refractivity contribution in [2.24, 2.45) is 0 Å². The molecule has 1 rings (SSSR count). The lowest BCUT2D eigenvalue weighted by atomic mass is 10.1. The third-order valence-corrected chi connectivity index (χ3v) is 1.85. The second-order valence-corrected chi connectivity index (χ2v) is 2.87. The van der Waals surface area contributed by atoms with Gasteiger partial charge in [0.05, 0.1) is 7.11 Å². The van der Waals surface area contributed by atoms with Crippen molar-refractivity contribution in [3.05, 3.63) is 29.8 Å². The number of ether oxygens (including phenoxy) is 2. The SMILES string of the molecule is COC(=O)[C@H](O)c1ccc(OC(F)F)cc1. The van der Waals surface area contributed by atoms with E-state index in [9.17, 15) is 18.7 Å². The van der Waals surface area contributed by atoms with Gasteiger partial charge in [-0.05, 0) is 17.7 Å². The van der Waals surface area contributed by atoms with E-state index in [2.05, 4.69) is 9.47 Å². The maximum Gasteiger partial charge on any atom is 0.387 e. The molecule has 0 saturated carbocycles. The number of carbonyl (C=O) groups excluding carboxylic acids is 1. The Morgan fingerprint density at radius 1 is 1.31 bits per heavy atom. The molecular weight excluding hydrogens is 222 g/mol. The van der Waals surface area contributed by atoms with E-state index in [0.29, 0.717) is 0 Å². The normalized spacial score (nSPS) is 12.3. The molecule has 0 spiro atoms. The molecule has 88 valence electrons. The van der Waals surface area contributed by atoms with Gasteiger partial charge in [-0.15, -0.1) is 0 Å². The molecule has 0 heterocycles. The Morgan fingerprint density at radius 2 is 1.88 bits per heavy atom. The van der Waals surface area contributed by atoms with Gasteiger partial charge in [0.15, 0.2) is 6.10 Å². The zero-order valence-corrected chi connectivity index (χ0v) is 8.39. The minimum Gasteiger partial charge on any atom is -0.467 e. The zero-order chi connectivity index (χ0) is 12.1. The van der Waals surface area contributed by atoms with Gasteiger partial charge in [-0.3, -0.25) is 0 Å². The van der Waals surface area contributed by atoms with E-state index >= 15 is 0 Å². The lowest BCUT2D eigenvalue weighted by molar-refractivity contribution is -0.150. The average Bonchev–Trinajstić information content (AvgIpc) is 2.27. The van der Waals surface area contributed by atoms with Crippen molar-refractivity contribution in [3.63, 3.8) is 0 Å². The van der Waals surface area contributed by atoms with Crippen LogP contribution in [0.4, 0.5) is 8.78 Å². The highest BCUT2D eigenvalue weighted by Crippen LogP contribution is 2.19. The standard InChI is InChI=1S/C10H10F2O4/c1-15-9(14)8(13)6-2-4-7(5-3-6)16-10(11)12/h2-5,8,10,13H,1H3/t8-/m1/s1. The number of carbonyl (C=O) groups is 1. The van der Waals surface area contributed by atoms with E-state index in [1.165, 1.54) is 24.3 Å². The van der Waals surface area contributed by atoms with Crippen molar-refractivity contribution < 1.29 is 28.2 Å². The Labute approximate surface area is 90.4 Å². The summed E-state index contributed by atoms with van der Waals surface area (Å²) in [5.41, 5.74) is 0.244. The van der Waals surface area contributed by atoms with Crippen LogP contribution < -0.4 is 4.74 Å². The van der Waals surface area contributed by atoms with Crippen molar-refractivity contribution in [1.82, 2.24) is 0 Å². The number of hydrogen-bond donors (Lipinski definition) is 1. The van der Waals surface area contributed by atoms with Gasteiger partial charge in [-0.2, -0.15) is 8.78 Å². The van der Waals surface area contributed by atoms with Crippen LogP contribution in [0, 0.1) is 0 Å². The first-order chi connectivity index (χ1) is 7.54. The Bertz CT molecular complexity index is 350. The van der Waals surface area contributed by atoms with E-state index < -0.39 is 18.7 Å². The highest BCUT2D eigenvalue weighted by molar-refractivity contribution is 5.76. The molecular formula is C10H10F2O4. The van der Waals surface area contributed by atoms with E-state index in [-0.39, 0.29) is 11.3 Å². The molecule has 16 heavy (non-hydrogen) atoms. The number of halogens is 2. The summed E-state index contributed by atoms with van der Waals surface area (Å²) in [6, 6.07) is 5.07. The first kappa shape index (κ1) is 12.4. The molecule has 1 atom stereocenters. The number of benzene rings is 1. The van der Waals surface area contributed by atoms with Gasteiger partial charge >= 0.3 is 12.6 Å². The van der Waals surface area contributed by atoms with Crippen molar-refractivity contribution in [3.8, 4) is 5.75 Å². The third kappa shape index (κ3) is 3.16. The van der Waals surface area contributed by atoms with Crippen LogP contribution in [-0.2, 0) is 9.53 Å². The molecule has 0 fully saturated rings. The predicted octanol–water partition coefficient (Wildman–Crippen LogP) is 1.49. The predicted molar refractivity (Wildman–Crippen MR) is 50.0 cm³/mol. The molecule has 0 amide bonds. The fraction of sp³-hybridized carbons (Fsp3) is 0.300. The van der Waals surface area contributed by atoms with Crippen LogP contribution in [0.3, 0.4) is 0 Å².